The molecular weight excluding hydrogens is 492 g/mol. The fraction of sp³-hybridized carbons (Fsp3) is 0. The van der Waals surface area contributed by atoms with Crippen LogP contribution in [0.5, 0.6) is 0 Å². The molecule has 0 aliphatic carbocycles. The predicted octanol–water partition coefficient (Wildman–Crippen LogP) is 3.13. The summed E-state index contributed by atoms with van der Waals surface area (Å²) in [6.45, 7) is 0. The molecule has 6 heteroatoms. The number of rotatable bonds is 1. The molecule has 0 saturated heterocycles. The molecule has 1 heterocycles. The first-order valence-electron chi connectivity index (χ1n) is 4.40. The normalized spacial score (nSPS) is 18.1. The Hall–Kier alpha value is 0.542. The van der Waals surface area contributed by atoms with E-state index in [2.05, 4.69) is 0 Å². The van der Waals surface area contributed by atoms with Gasteiger partial charge in [0.15, 0.2) is 0 Å². The molecular formula is C11H6AcCl2NOS-. The van der Waals surface area contributed by atoms with Crippen LogP contribution < -0.4 is 5.11 Å². The molecule has 2 nitrogen and oxygen atoms in total. The van der Waals surface area contributed by atoms with Gasteiger partial charge >= 0.3 is 0 Å². The van der Waals surface area contributed by atoms with E-state index in [1.165, 1.54) is 0 Å². The maximum absolute atomic E-state index is 12.0. The molecule has 1 N–H and O–H groups in total. The third-order valence-electron chi connectivity index (χ3n) is 2.07. The van der Waals surface area contributed by atoms with E-state index in [4.69, 9.17) is 28.6 Å². The fourth-order valence-corrected chi connectivity index (χ4v) is 2.67. The molecule has 0 unspecified atom stereocenters. The zero-order valence-corrected chi connectivity index (χ0v) is 15.6. The van der Waals surface area contributed by atoms with Gasteiger partial charge in [0.2, 0.25) is 0 Å². The molecule has 0 fully saturated rings. The van der Waals surface area contributed by atoms with Crippen LogP contribution in [0.2, 0.25) is 0 Å². The predicted molar refractivity (Wildman–Crippen MR) is 67.4 cm³/mol. The van der Waals surface area contributed by atoms with Crippen molar-refractivity contribution in [3.8, 4) is 0 Å². The summed E-state index contributed by atoms with van der Waals surface area (Å²) in [5.41, 5.74) is 0.690. The zero-order chi connectivity index (χ0) is 11.7. The van der Waals surface area contributed by atoms with Gasteiger partial charge in [-0.25, -0.2) is 0 Å². The molecule has 85 valence electrons. The van der Waals surface area contributed by atoms with Crippen molar-refractivity contribution in [3.05, 3.63) is 50.9 Å². The first-order chi connectivity index (χ1) is 7.61. The maximum atomic E-state index is 12.0. The molecule has 0 amide bonds. The topological polar surface area (TPSA) is 46.9 Å². The summed E-state index contributed by atoms with van der Waals surface area (Å²) in [6.07, 6.45) is 0. The molecule has 0 bridgehead atoms. The molecule has 1 aromatic rings. The Labute approximate surface area is 149 Å². The van der Waals surface area contributed by atoms with Gasteiger partial charge in [-0.3, -0.25) is 5.41 Å². The SMILES string of the molecule is N=C1SC(Cl)=C(Cl)/C1=C(/[O-])c1ccccc1.[Ac]. The van der Waals surface area contributed by atoms with Gasteiger partial charge in [-0.05, 0) is 5.56 Å². The summed E-state index contributed by atoms with van der Waals surface area (Å²) in [4.78, 5) is 0. The number of benzene rings is 1. The van der Waals surface area contributed by atoms with Gasteiger partial charge in [0.05, 0.1) is 9.40 Å². The number of allylic oxidation sites excluding steroid dienone is 1. The molecule has 2 rings (SSSR count). The van der Waals surface area contributed by atoms with Crippen LogP contribution in [0, 0.1) is 49.5 Å². The minimum atomic E-state index is -0.265. The van der Waals surface area contributed by atoms with Crippen LogP contribution in [0.25, 0.3) is 5.76 Å². The van der Waals surface area contributed by atoms with E-state index in [-0.39, 0.29) is 69.8 Å². The van der Waals surface area contributed by atoms with Crippen molar-refractivity contribution in [2.24, 2.45) is 0 Å². The van der Waals surface area contributed by atoms with E-state index in [0.29, 0.717) is 5.56 Å². The molecule has 17 heavy (non-hydrogen) atoms. The largest absolute Gasteiger partial charge is 0.872 e. The van der Waals surface area contributed by atoms with Crippen molar-refractivity contribution in [3.63, 3.8) is 0 Å². The summed E-state index contributed by atoms with van der Waals surface area (Å²) >= 11 is 12.7. The van der Waals surface area contributed by atoms with Crippen molar-refractivity contribution in [1.82, 2.24) is 0 Å². The van der Waals surface area contributed by atoms with Crippen molar-refractivity contribution < 1.29 is 49.2 Å². The summed E-state index contributed by atoms with van der Waals surface area (Å²) in [6, 6.07) is 8.71. The average molecular weight is 498 g/mol. The number of thioether (sulfide) groups is 1. The molecule has 0 saturated carbocycles. The van der Waals surface area contributed by atoms with Gasteiger partial charge < -0.3 is 5.11 Å². The van der Waals surface area contributed by atoms with Gasteiger partial charge in [0.1, 0.15) is 5.04 Å². The van der Waals surface area contributed by atoms with Gasteiger partial charge in [-0.2, -0.15) is 0 Å². The molecule has 1 aromatic carbocycles. The van der Waals surface area contributed by atoms with Gasteiger partial charge in [0, 0.05) is 49.6 Å². The molecule has 1 radical (unpaired) electrons. The van der Waals surface area contributed by atoms with E-state index in [1.54, 1.807) is 24.3 Å². The Morgan fingerprint density at radius 3 is 2.24 bits per heavy atom. The second-order valence-electron chi connectivity index (χ2n) is 3.09. The second-order valence-corrected chi connectivity index (χ2v) is 5.09. The number of hydrogen-bond donors (Lipinski definition) is 1. The summed E-state index contributed by atoms with van der Waals surface area (Å²) in [5.74, 6) is -0.265. The Kier molecular flexibility index (Phi) is 6.09. The molecule has 0 atom stereocenters. The van der Waals surface area contributed by atoms with Crippen LogP contribution >= 0.6 is 35.0 Å². The van der Waals surface area contributed by atoms with Gasteiger partial charge in [-0.15, -0.1) is 0 Å². The standard InChI is InChI=1S/C11H7Cl2NOS.Ac/c12-8-7(11(14)16-10(8)13)9(15)6-4-2-1-3-5-6;/h1-5,14-15H;/p-1/b9-7-,14-11?;. The Balaban J connectivity index is 0.00000144. The minimum absolute atomic E-state index is 0. The van der Waals surface area contributed by atoms with Crippen molar-refractivity contribution in [1.29, 1.82) is 5.41 Å². The van der Waals surface area contributed by atoms with E-state index >= 15 is 0 Å². The fourth-order valence-electron chi connectivity index (χ4n) is 1.32. The van der Waals surface area contributed by atoms with Crippen LogP contribution in [0.4, 0.5) is 0 Å². The molecule has 1 aliphatic heterocycles. The average Bonchev–Trinajstić information content (AvgIpc) is 2.54. The van der Waals surface area contributed by atoms with Crippen LogP contribution in [0.15, 0.2) is 45.3 Å². The molecule has 0 spiro atoms. The second kappa shape index (κ2) is 6.63. The van der Waals surface area contributed by atoms with Crippen LogP contribution in [0.1, 0.15) is 5.56 Å². The number of hydrogen-bond acceptors (Lipinski definition) is 3. The summed E-state index contributed by atoms with van der Waals surface area (Å²) < 4.78 is 0.283. The minimum Gasteiger partial charge on any atom is -0.872 e. The Morgan fingerprint density at radius 2 is 1.76 bits per heavy atom. The Bertz CT molecular complexity index is 513. The number of halogens is 2. The Morgan fingerprint density at radius 1 is 1.18 bits per heavy atom. The van der Waals surface area contributed by atoms with Crippen molar-refractivity contribution in [2.45, 2.75) is 0 Å². The van der Waals surface area contributed by atoms with Gasteiger partial charge in [-0.1, -0.05) is 71.1 Å². The van der Waals surface area contributed by atoms with Crippen LogP contribution in [-0.4, -0.2) is 5.04 Å². The number of nitrogens with one attached hydrogen (secondary N) is 1. The monoisotopic (exact) mass is 497 g/mol. The van der Waals surface area contributed by atoms with Gasteiger partial charge in [0.25, 0.3) is 0 Å². The smallest absolute Gasteiger partial charge is 0.101 e. The first-order valence-corrected chi connectivity index (χ1v) is 5.97. The van der Waals surface area contributed by atoms with E-state index < -0.39 is 0 Å². The third-order valence-corrected chi connectivity index (χ3v) is 3.87. The third kappa shape index (κ3) is 3.30. The maximum Gasteiger partial charge on any atom is 0.101 e. The molecule has 0 aromatic heterocycles. The van der Waals surface area contributed by atoms with Crippen LogP contribution in [0.3, 0.4) is 0 Å². The van der Waals surface area contributed by atoms with E-state index in [1.807, 2.05) is 6.07 Å². The summed E-state index contributed by atoms with van der Waals surface area (Å²) in [7, 11) is 0. The quantitative estimate of drug-likeness (QED) is 0.606. The van der Waals surface area contributed by atoms with E-state index in [9.17, 15) is 5.11 Å². The summed E-state index contributed by atoms with van der Waals surface area (Å²) in [5, 5.41) is 20.0. The van der Waals surface area contributed by atoms with Crippen LogP contribution in [-0.2, 0) is 0 Å². The zero-order valence-electron chi connectivity index (χ0n) is 8.54. The first kappa shape index (κ1) is 15.6. The van der Waals surface area contributed by atoms with E-state index in [0.717, 1.165) is 11.8 Å². The molecule has 1 aliphatic rings. The van der Waals surface area contributed by atoms with Crippen molar-refractivity contribution in [2.75, 3.05) is 0 Å². The van der Waals surface area contributed by atoms with Crippen molar-refractivity contribution >= 4 is 45.8 Å².